The number of ketones is 1. The van der Waals surface area contributed by atoms with Gasteiger partial charge in [0.25, 0.3) is 17.6 Å². The second-order valence-corrected chi connectivity index (χ2v) is 7.39. The van der Waals surface area contributed by atoms with E-state index in [1.165, 1.54) is 24.8 Å². The van der Waals surface area contributed by atoms with Gasteiger partial charge in [-0.25, -0.2) is 8.78 Å². The molecule has 10 heteroatoms. The highest BCUT2D eigenvalue weighted by molar-refractivity contribution is 6.43. The van der Waals surface area contributed by atoms with Crippen LogP contribution in [0.3, 0.4) is 0 Å². The molecule has 1 saturated carbocycles. The Hall–Kier alpha value is -3.27. The Morgan fingerprint density at radius 1 is 1.19 bits per heavy atom. The number of amides is 2. The largest absolute Gasteiger partial charge is 0.493 e. The van der Waals surface area contributed by atoms with Gasteiger partial charge >= 0.3 is 0 Å². The van der Waals surface area contributed by atoms with Gasteiger partial charge in [0.1, 0.15) is 11.3 Å². The van der Waals surface area contributed by atoms with Crippen molar-refractivity contribution in [2.45, 2.75) is 38.3 Å². The molecule has 0 saturated heterocycles. The lowest BCUT2D eigenvalue weighted by Crippen LogP contribution is -2.43. The van der Waals surface area contributed by atoms with E-state index in [1.54, 1.807) is 6.92 Å². The molecule has 166 valence electrons. The lowest BCUT2D eigenvalue weighted by atomic mass is 10.1. The Morgan fingerprint density at radius 2 is 1.90 bits per heavy atom. The average molecular weight is 435 g/mol. The van der Waals surface area contributed by atoms with E-state index in [4.69, 9.17) is 4.74 Å². The minimum Gasteiger partial charge on any atom is -0.493 e. The van der Waals surface area contributed by atoms with Gasteiger partial charge in [-0.3, -0.25) is 14.4 Å². The third kappa shape index (κ3) is 4.29. The van der Waals surface area contributed by atoms with Crippen LogP contribution in [0.5, 0.6) is 5.75 Å². The molecule has 0 spiro atoms. The summed E-state index contributed by atoms with van der Waals surface area (Å²) in [7, 11) is 2.75. The minimum absolute atomic E-state index is 0.00930. The Morgan fingerprint density at radius 3 is 2.48 bits per heavy atom. The van der Waals surface area contributed by atoms with E-state index in [0.717, 1.165) is 18.6 Å². The van der Waals surface area contributed by atoms with Crippen molar-refractivity contribution in [2.75, 3.05) is 12.4 Å². The van der Waals surface area contributed by atoms with Crippen molar-refractivity contribution >= 4 is 23.3 Å². The van der Waals surface area contributed by atoms with Gasteiger partial charge in [-0.05, 0) is 38.3 Å². The maximum absolute atomic E-state index is 13.5. The summed E-state index contributed by atoms with van der Waals surface area (Å²) in [6.45, 7) is 1.55. The van der Waals surface area contributed by atoms with E-state index in [2.05, 4.69) is 10.6 Å². The van der Waals surface area contributed by atoms with E-state index in [9.17, 15) is 28.3 Å². The number of rotatable bonds is 6. The summed E-state index contributed by atoms with van der Waals surface area (Å²) >= 11 is 0. The van der Waals surface area contributed by atoms with Crippen LogP contribution in [0, 0.1) is 18.6 Å². The zero-order valence-electron chi connectivity index (χ0n) is 17.3. The summed E-state index contributed by atoms with van der Waals surface area (Å²) in [4.78, 5) is 38.2. The maximum atomic E-state index is 13.5. The number of aliphatic hydroxyl groups is 1. The number of methoxy groups -OCH3 is 1. The molecule has 8 nitrogen and oxygen atoms in total. The molecule has 1 heterocycles. The monoisotopic (exact) mass is 435 g/mol. The molecule has 31 heavy (non-hydrogen) atoms. The highest BCUT2D eigenvalue weighted by Crippen LogP contribution is 2.31. The number of Topliss-reactive ketones (excluding diaryl/α,β-unsaturated/α-hetero) is 1. The van der Waals surface area contributed by atoms with Gasteiger partial charge in [0.2, 0.25) is 0 Å². The van der Waals surface area contributed by atoms with Crippen LogP contribution in [0.2, 0.25) is 0 Å². The fraction of sp³-hybridized carbons (Fsp3) is 0.381. The number of aromatic nitrogens is 1. The maximum Gasteiger partial charge on any atom is 0.294 e. The molecule has 0 bridgehead atoms. The van der Waals surface area contributed by atoms with E-state index in [1.807, 2.05) is 0 Å². The molecule has 0 radical (unpaired) electrons. The summed E-state index contributed by atoms with van der Waals surface area (Å²) in [5.74, 6) is -4.87. The van der Waals surface area contributed by atoms with Crippen LogP contribution in [-0.4, -0.2) is 46.5 Å². The van der Waals surface area contributed by atoms with Crippen LogP contribution in [0.1, 0.15) is 45.8 Å². The fourth-order valence-electron chi connectivity index (χ4n) is 3.71. The van der Waals surface area contributed by atoms with Crippen molar-refractivity contribution < 1.29 is 33.0 Å². The topological polar surface area (TPSA) is 110 Å². The first-order chi connectivity index (χ1) is 14.6. The first kappa shape index (κ1) is 22.4. The van der Waals surface area contributed by atoms with E-state index in [-0.39, 0.29) is 22.7 Å². The molecular formula is C21H23F2N3O5. The highest BCUT2D eigenvalue weighted by atomic mass is 19.2. The third-order valence-corrected chi connectivity index (χ3v) is 5.47. The lowest BCUT2D eigenvalue weighted by molar-refractivity contribution is -0.118. The molecule has 2 amide bonds. The SMILES string of the molecule is COc1c(C(=O)Nc2ccc(F)c(F)c2)c(C)n(C)c1C(=O)C(=O)N[C@@H]1CCC[C@@H]1O. The number of halogens is 2. The molecule has 1 aromatic heterocycles. The van der Waals surface area contributed by atoms with Crippen molar-refractivity contribution in [3.63, 3.8) is 0 Å². The summed E-state index contributed by atoms with van der Waals surface area (Å²) in [6, 6.07) is 2.37. The number of carbonyl (C=O) groups is 3. The fourth-order valence-corrected chi connectivity index (χ4v) is 3.71. The number of nitrogens with one attached hydrogen (secondary N) is 2. The van der Waals surface area contributed by atoms with E-state index < -0.39 is 41.4 Å². The van der Waals surface area contributed by atoms with Crippen molar-refractivity contribution in [1.29, 1.82) is 0 Å². The minimum atomic E-state index is -1.13. The number of nitrogens with zero attached hydrogens (tertiary/aromatic N) is 1. The Bertz CT molecular complexity index is 1050. The molecule has 0 unspecified atom stereocenters. The van der Waals surface area contributed by atoms with Gasteiger partial charge in [0, 0.05) is 24.5 Å². The first-order valence-corrected chi connectivity index (χ1v) is 9.68. The summed E-state index contributed by atoms with van der Waals surface area (Å²) < 4.78 is 33.2. The molecule has 1 aromatic carbocycles. The van der Waals surface area contributed by atoms with Gasteiger partial charge in [0.05, 0.1) is 19.3 Å². The Labute approximate surface area is 177 Å². The van der Waals surface area contributed by atoms with Gasteiger partial charge in [0.15, 0.2) is 17.4 Å². The number of ether oxygens (including phenoxy) is 1. The number of hydrogen-bond donors (Lipinski definition) is 3. The van der Waals surface area contributed by atoms with E-state index in [0.29, 0.717) is 18.5 Å². The summed E-state index contributed by atoms with van der Waals surface area (Å²) in [5.41, 5.74) is 0.177. The number of benzene rings is 1. The third-order valence-electron chi connectivity index (χ3n) is 5.47. The van der Waals surface area contributed by atoms with Crippen LogP contribution >= 0.6 is 0 Å². The van der Waals surface area contributed by atoms with Gasteiger partial charge in [-0.2, -0.15) is 0 Å². The zero-order valence-corrected chi connectivity index (χ0v) is 17.3. The van der Waals surface area contributed by atoms with Crippen LogP contribution in [0.25, 0.3) is 0 Å². The normalized spacial score (nSPS) is 18.0. The molecule has 1 aliphatic carbocycles. The second kappa shape index (κ2) is 8.84. The summed E-state index contributed by atoms with van der Waals surface area (Å²) in [5, 5.41) is 14.8. The quantitative estimate of drug-likeness (QED) is 0.476. The van der Waals surface area contributed by atoms with Gasteiger partial charge in [-0.1, -0.05) is 0 Å². The summed E-state index contributed by atoms with van der Waals surface area (Å²) in [6.07, 6.45) is 1.12. The molecule has 2 atom stereocenters. The molecule has 3 N–H and O–H groups in total. The van der Waals surface area contributed by atoms with Crippen molar-refractivity contribution in [1.82, 2.24) is 9.88 Å². The first-order valence-electron chi connectivity index (χ1n) is 9.68. The Kier molecular flexibility index (Phi) is 6.40. The van der Waals surface area contributed by atoms with Crippen molar-refractivity contribution in [3.05, 3.63) is 46.8 Å². The predicted octanol–water partition coefficient (Wildman–Crippen LogP) is 2.08. The number of carbonyl (C=O) groups excluding carboxylic acids is 3. The van der Waals surface area contributed by atoms with Crippen LogP contribution in [0.15, 0.2) is 18.2 Å². The van der Waals surface area contributed by atoms with Crippen molar-refractivity contribution in [3.8, 4) is 5.75 Å². The molecule has 2 aromatic rings. The molecule has 3 rings (SSSR count). The van der Waals surface area contributed by atoms with Gasteiger partial charge in [-0.15, -0.1) is 0 Å². The standard InChI is InChI=1S/C21H23F2N3O5/c1-10-16(20(29)24-11-7-8-12(22)13(23)9-11)19(31-3)17(26(10)2)18(28)21(30)25-14-5-4-6-15(14)27/h7-9,14-15,27H,4-6H2,1-3H3,(H,24,29)(H,25,30)/t14-,15+/m1/s1. The second-order valence-electron chi connectivity index (χ2n) is 7.39. The Balaban J connectivity index is 1.90. The molecule has 1 aliphatic rings. The molecular weight excluding hydrogens is 412 g/mol. The molecule has 1 fully saturated rings. The van der Waals surface area contributed by atoms with Gasteiger partial charge < -0.3 is 25.0 Å². The smallest absolute Gasteiger partial charge is 0.294 e. The van der Waals surface area contributed by atoms with Crippen LogP contribution in [-0.2, 0) is 11.8 Å². The van der Waals surface area contributed by atoms with Crippen LogP contribution < -0.4 is 15.4 Å². The number of hydrogen-bond acceptors (Lipinski definition) is 5. The van der Waals surface area contributed by atoms with E-state index >= 15 is 0 Å². The van der Waals surface area contributed by atoms with Crippen LogP contribution in [0.4, 0.5) is 14.5 Å². The predicted molar refractivity (Wildman–Crippen MR) is 107 cm³/mol. The van der Waals surface area contributed by atoms with Crippen molar-refractivity contribution in [2.24, 2.45) is 7.05 Å². The number of anilines is 1. The highest BCUT2D eigenvalue weighted by Gasteiger charge is 2.34. The lowest BCUT2D eigenvalue weighted by Gasteiger charge is -2.16. The zero-order chi connectivity index (χ0) is 22.9. The average Bonchev–Trinajstić information content (AvgIpc) is 3.24. The molecule has 0 aliphatic heterocycles. The number of aliphatic hydroxyl groups excluding tert-OH is 1.